The second-order valence-electron chi connectivity index (χ2n) is 6.31. The third kappa shape index (κ3) is 3.50. The minimum Gasteiger partial charge on any atom is -0.347 e. The molecule has 1 fully saturated rings. The molecule has 5 heteroatoms. The molecular weight excluding hydrogens is 288 g/mol. The predicted molar refractivity (Wildman–Crippen MR) is 91.7 cm³/mol. The van der Waals surface area contributed by atoms with E-state index in [0.29, 0.717) is 12.3 Å². The standard InChI is InChI=1S/C18H22N4O/c1-13-9-15(20-18(19-13)21(2)3)10-14-11-17(23)22(12-14)16-7-5-4-6-8-16/h4-9,14H,10-12H2,1-3H3/t14-/m1/s1. The maximum Gasteiger partial charge on any atom is 0.227 e. The summed E-state index contributed by atoms with van der Waals surface area (Å²) in [6, 6.07) is 11.9. The number of hydrogen-bond acceptors (Lipinski definition) is 4. The Morgan fingerprint density at radius 2 is 1.96 bits per heavy atom. The zero-order chi connectivity index (χ0) is 16.4. The summed E-state index contributed by atoms with van der Waals surface area (Å²) in [7, 11) is 3.88. The van der Waals surface area contributed by atoms with E-state index in [9.17, 15) is 4.79 Å². The second kappa shape index (κ2) is 6.36. The van der Waals surface area contributed by atoms with E-state index in [2.05, 4.69) is 9.97 Å². The monoisotopic (exact) mass is 310 g/mol. The normalized spacial score (nSPS) is 17.6. The van der Waals surface area contributed by atoms with Gasteiger partial charge in [0.05, 0.1) is 0 Å². The molecule has 23 heavy (non-hydrogen) atoms. The number of amides is 1. The highest BCUT2D eigenvalue weighted by Gasteiger charge is 2.30. The molecule has 1 aromatic heterocycles. The molecule has 1 saturated heterocycles. The molecule has 0 bridgehead atoms. The highest BCUT2D eigenvalue weighted by atomic mass is 16.2. The maximum atomic E-state index is 12.3. The van der Waals surface area contributed by atoms with Crippen LogP contribution in [0.1, 0.15) is 17.8 Å². The maximum absolute atomic E-state index is 12.3. The van der Waals surface area contributed by atoms with Crippen molar-refractivity contribution < 1.29 is 4.79 Å². The van der Waals surface area contributed by atoms with E-state index in [1.165, 1.54) is 0 Å². The lowest BCUT2D eigenvalue weighted by Crippen LogP contribution is -2.24. The number of aromatic nitrogens is 2. The first-order valence-electron chi connectivity index (χ1n) is 7.90. The van der Waals surface area contributed by atoms with E-state index >= 15 is 0 Å². The van der Waals surface area contributed by atoms with Crippen molar-refractivity contribution >= 4 is 17.5 Å². The number of hydrogen-bond donors (Lipinski definition) is 0. The van der Waals surface area contributed by atoms with Gasteiger partial charge < -0.3 is 9.80 Å². The summed E-state index contributed by atoms with van der Waals surface area (Å²) in [5.74, 6) is 1.22. The summed E-state index contributed by atoms with van der Waals surface area (Å²) in [5, 5.41) is 0. The molecule has 5 nitrogen and oxygen atoms in total. The average Bonchev–Trinajstić information content (AvgIpc) is 2.88. The fourth-order valence-electron chi connectivity index (χ4n) is 2.99. The number of nitrogens with zero attached hydrogens (tertiary/aromatic N) is 4. The van der Waals surface area contributed by atoms with Gasteiger partial charge in [-0.05, 0) is 37.5 Å². The zero-order valence-corrected chi connectivity index (χ0v) is 13.9. The Morgan fingerprint density at radius 3 is 2.65 bits per heavy atom. The van der Waals surface area contributed by atoms with Crippen molar-refractivity contribution in [3.8, 4) is 0 Å². The van der Waals surface area contributed by atoms with E-state index in [1.807, 2.05) is 67.2 Å². The summed E-state index contributed by atoms with van der Waals surface area (Å²) in [6.45, 7) is 2.73. The van der Waals surface area contributed by atoms with E-state index in [4.69, 9.17) is 0 Å². The average molecular weight is 310 g/mol. The van der Waals surface area contributed by atoms with Crippen LogP contribution in [0.2, 0.25) is 0 Å². The van der Waals surface area contributed by atoms with Crippen LogP contribution < -0.4 is 9.80 Å². The summed E-state index contributed by atoms with van der Waals surface area (Å²) >= 11 is 0. The minimum absolute atomic E-state index is 0.194. The molecule has 1 aromatic carbocycles. The van der Waals surface area contributed by atoms with Crippen LogP contribution >= 0.6 is 0 Å². The molecule has 120 valence electrons. The molecule has 2 heterocycles. The quantitative estimate of drug-likeness (QED) is 0.870. The SMILES string of the molecule is Cc1cc(C[C@@H]2CC(=O)N(c3ccccc3)C2)nc(N(C)C)n1. The molecule has 1 amide bonds. The van der Waals surface area contributed by atoms with Gasteiger partial charge in [-0.15, -0.1) is 0 Å². The van der Waals surface area contributed by atoms with Crippen LogP contribution in [0.15, 0.2) is 36.4 Å². The Kier molecular flexibility index (Phi) is 4.28. The van der Waals surface area contributed by atoms with Crippen LogP contribution in [0.5, 0.6) is 0 Å². The van der Waals surface area contributed by atoms with E-state index < -0.39 is 0 Å². The van der Waals surface area contributed by atoms with Crippen LogP contribution in [-0.2, 0) is 11.2 Å². The van der Waals surface area contributed by atoms with Crippen LogP contribution in [-0.4, -0.2) is 36.5 Å². The molecule has 0 spiro atoms. The number of para-hydroxylation sites is 1. The highest BCUT2D eigenvalue weighted by Crippen LogP contribution is 2.27. The molecule has 1 aliphatic rings. The first-order valence-corrected chi connectivity index (χ1v) is 7.90. The molecule has 2 aromatic rings. The van der Waals surface area contributed by atoms with Gasteiger partial charge in [0, 0.05) is 44.1 Å². The first kappa shape index (κ1) is 15.5. The molecule has 0 aliphatic carbocycles. The van der Waals surface area contributed by atoms with Crippen LogP contribution in [0.3, 0.4) is 0 Å². The van der Waals surface area contributed by atoms with Crippen molar-refractivity contribution in [1.29, 1.82) is 0 Å². The van der Waals surface area contributed by atoms with Gasteiger partial charge in [-0.25, -0.2) is 9.97 Å². The number of aryl methyl sites for hydroxylation is 1. The van der Waals surface area contributed by atoms with Crippen molar-refractivity contribution in [1.82, 2.24) is 9.97 Å². The molecule has 0 N–H and O–H groups in total. The summed E-state index contributed by atoms with van der Waals surface area (Å²) in [4.78, 5) is 25.1. The number of carbonyl (C=O) groups is 1. The molecule has 1 atom stereocenters. The van der Waals surface area contributed by atoms with Crippen molar-refractivity contribution in [3.05, 3.63) is 47.8 Å². The minimum atomic E-state index is 0.194. The van der Waals surface area contributed by atoms with Gasteiger partial charge in [0.15, 0.2) is 0 Å². The molecule has 0 saturated carbocycles. The van der Waals surface area contributed by atoms with Gasteiger partial charge in [-0.3, -0.25) is 4.79 Å². The lowest BCUT2D eigenvalue weighted by Gasteiger charge is -2.17. The molecular formula is C18H22N4O. The lowest BCUT2D eigenvalue weighted by molar-refractivity contribution is -0.117. The Labute approximate surface area is 137 Å². The third-order valence-electron chi connectivity index (χ3n) is 4.07. The zero-order valence-electron chi connectivity index (χ0n) is 13.9. The number of rotatable bonds is 4. The number of carbonyl (C=O) groups excluding carboxylic acids is 1. The van der Waals surface area contributed by atoms with Gasteiger partial charge in [0.1, 0.15) is 0 Å². The summed E-state index contributed by atoms with van der Waals surface area (Å²) in [5.41, 5.74) is 2.95. The van der Waals surface area contributed by atoms with Crippen molar-refractivity contribution in [2.45, 2.75) is 19.8 Å². The Hall–Kier alpha value is -2.43. The van der Waals surface area contributed by atoms with Gasteiger partial charge in [-0.1, -0.05) is 18.2 Å². The van der Waals surface area contributed by atoms with Crippen molar-refractivity contribution in [2.75, 3.05) is 30.4 Å². The Morgan fingerprint density at radius 1 is 1.22 bits per heavy atom. The van der Waals surface area contributed by atoms with Gasteiger partial charge in [0.2, 0.25) is 11.9 Å². The van der Waals surface area contributed by atoms with Crippen LogP contribution in [0, 0.1) is 12.8 Å². The van der Waals surface area contributed by atoms with E-state index in [-0.39, 0.29) is 5.91 Å². The summed E-state index contributed by atoms with van der Waals surface area (Å²) in [6.07, 6.45) is 1.38. The van der Waals surface area contributed by atoms with Crippen LogP contribution in [0.25, 0.3) is 0 Å². The second-order valence-corrected chi connectivity index (χ2v) is 6.31. The predicted octanol–water partition coefficient (Wildman–Crippen LogP) is 2.45. The molecule has 0 radical (unpaired) electrons. The lowest BCUT2D eigenvalue weighted by atomic mass is 10.0. The first-order chi connectivity index (χ1) is 11.0. The van der Waals surface area contributed by atoms with Crippen molar-refractivity contribution in [3.63, 3.8) is 0 Å². The highest BCUT2D eigenvalue weighted by molar-refractivity contribution is 5.95. The van der Waals surface area contributed by atoms with E-state index in [1.54, 1.807) is 0 Å². The number of benzene rings is 1. The Balaban J connectivity index is 1.74. The molecule has 1 aliphatic heterocycles. The van der Waals surface area contributed by atoms with Gasteiger partial charge in [-0.2, -0.15) is 0 Å². The number of anilines is 2. The Bertz CT molecular complexity index is 699. The third-order valence-corrected chi connectivity index (χ3v) is 4.07. The van der Waals surface area contributed by atoms with E-state index in [0.717, 1.165) is 36.0 Å². The smallest absolute Gasteiger partial charge is 0.227 e. The fourth-order valence-corrected chi connectivity index (χ4v) is 2.99. The summed E-state index contributed by atoms with van der Waals surface area (Å²) < 4.78 is 0. The van der Waals surface area contributed by atoms with Gasteiger partial charge >= 0.3 is 0 Å². The van der Waals surface area contributed by atoms with Crippen molar-refractivity contribution in [2.24, 2.45) is 5.92 Å². The largest absolute Gasteiger partial charge is 0.347 e. The topological polar surface area (TPSA) is 49.3 Å². The fraction of sp³-hybridized carbons (Fsp3) is 0.389. The molecule has 0 unspecified atom stereocenters. The molecule has 3 rings (SSSR count). The van der Waals surface area contributed by atoms with Crippen LogP contribution in [0.4, 0.5) is 11.6 Å². The van der Waals surface area contributed by atoms with Gasteiger partial charge in [0.25, 0.3) is 0 Å².